The summed E-state index contributed by atoms with van der Waals surface area (Å²) in [5.74, 6) is 1.04. The summed E-state index contributed by atoms with van der Waals surface area (Å²) in [6, 6.07) is 7.62. The van der Waals surface area contributed by atoms with Gasteiger partial charge in [-0.25, -0.2) is 0 Å². The number of benzene rings is 1. The summed E-state index contributed by atoms with van der Waals surface area (Å²) in [7, 11) is 0. The number of halogens is 1. The molecule has 0 radical (unpaired) electrons. The molecule has 1 heterocycles. The van der Waals surface area contributed by atoms with E-state index >= 15 is 0 Å². The Kier molecular flexibility index (Phi) is 9.17. The van der Waals surface area contributed by atoms with Crippen LogP contribution in [0.3, 0.4) is 0 Å². The highest BCUT2D eigenvalue weighted by molar-refractivity contribution is 5.96. The Balaban J connectivity index is 0.00000242. The van der Waals surface area contributed by atoms with Gasteiger partial charge in [0.1, 0.15) is 5.75 Å². The van der Waals surface area contributed by atoms with Crippen molar-refractivity contribution in [2.75, 3.05) is 26.2 Å². The topological polar surface area (TPSA) is 29.5 Å². The predicted octanol–water partition coefficient (Wildman–Crippen LogP) is 4.35. The SMILES string of the molecule is CCCCOc1cccc(C(=O)CCN2CCCCC2)c1.Cl. The lowest BCUT2D eigenvalue weighted by Crippen LogP contribution is -2.31. The molecule has 0 saturated carbocycles. The van der Waals surface area contributed by atoms with Crippen LogP contribution in [0.15, 0.2) is 24.3 Å². The zero-order chi connectivity index (χ0) is 14.9. The van der Waals surface area contributed by atoms with E-state index in [9.17, 15) is 4.79 Å². The van der Waals surface area contributed by atoms with E-state index < -0.39 is 0 Å². The number of rotatable bonds is 8. The smallest absolute Gasteiger partial charge is 0.164 e. The first kappa shape index (κ1) is 19.0. The highest BCUT2D eigenvalue weighted by atomic mass is 35.5. The van der Waals surface area contributed by atoms with Gasteiger partial charge in [0.2, 0.25) is 0 Å². The van der Waals surface area contributed by atoms with Gasteiger partial charge in [0.25, 0.3) is 0 Å². The molecule has 0 aromatic heterocycles. The molecule has 1 aromatic carbocycles. The van der Waals surface area contributed by atoms with E-state index in [1.165, 1.54) is 19.3 Å². The van der Waals surface area contributed by atoms with Crippen molar-refractivity contribution in [3.05, 3.63) is 29.8 Å². The van der Waals surface area contributed by atoms with Gasteiger partial charge >= 0.3 is 0 Å². The number of nitrogens with zero attached hydrogens (tertiary/aromatic N) is 1. The van der Waals surface area contributed by atoms with Crippen LogP contribution in [0.4, 0.5) is 0 Å². The molecule has 0 atom stereocenters. The Labute approximate surface area is 140 Å². The molecule has 0 bridgehead atoms. The molecule has 124 valence electrons. The molecule has 0 unspecified atom stereocenters. The third kappa shape index (κ3) is 6.37. The number of unbranched alkanes of at least 4 members (excludes halogenated alkanes) is 1. The summed E-state index contributed by atoms with van der Waals surface area (Å²) in [4.78, 5) is 14.7. The molecule has 1 aliphatic rings. The molecule has 1 aliphatic heterocycles. The Morgan fingerprint density at radius 1 is 1.23 bits per heavy atom. The van der Waals surface area contributed by atoms with Gasteiger partial charge in [-0.3, -0.25) is 4.79 Å². The molecule has 0 spiro atoms. The van der Waals surface area contributed by atoms with Crippen molar-refractivity contribution in [1.82, 2.24) is 4.90 Å². The van der Waals surface area contributed by atoms with E-state index in [4.69, 9.17) is 4.74 Å². The first-order chi connectivity index (χ1) is 10.3. The lowest BCUT2D eigenvalue weighted by atomic mass is 10.1. The van der Waals surface area contributed by atoms with Gasteiger partial charge in [-0.1, -0.05) is 31.9 Å². The molecule has 22 heavy (non-hydrogen) atoms. The van der Waals surface area contributed by atoms with Crippen LogP contribution in [-0.2, 0) is 0 Å². The number of hydrogen-bond acceptors (Lipinski definition) is 3. The van der Waals surface area contributed by atoms with Gasteiger partial charge < -0.3 is 9.64 Å². The highest BCUT2D eigenvalue weighted by Crippen LogP contribution is 2.16. The standard InChI is InChI=1S/C18H27NO2.ClH/c1-2-3-14-21-17-9-7-8-16(15-17)18(20)10-13-19-11-5-4-6-12-19;/h7-9,15H,2-6,10-14H2,1H3;1H. The Morgan fingerprint density at radius 3 is 2.73 bits per heavy atom. The highest BCUT2D eigenvalue weighted by Gasteiger charge is 2.13. The number of piperidine rings is 1. The van der Waals surface area contributed by atoms with Gasteiger partial charge in [-0.05, 0) is 44.5 Å². The number of likely N-dealkylation sites (tertiary alicyclic amines) is 1. The van der Waals surface area contributed by atoms with Gasteiger partial charge in [-0.2, -0.15) is 0 Å². The molecule has 0 N–H and O–H groups in total. The molecule has 0 aliphatic carbocycles. The molecule has 3 nitrogen and oxygen atoms in total. The summed E-state index contributed by atoms with van der Waals surface area (Å²) < 4.78 is 5.67. The second kappa shape index (κ2) is 10.6. The van der Waals surface area contributed by atoms with E-state index in [1.54, 1.807) is 0 Å². The minimum Gasteiger partial charge on any atom is -0.494 e. The van der Waals surface area contributed by atoms with Crippen LogP contribution in [0.5, 0.6) is 5.75 Å². The van der Waals surface area contributed by atoms with Crippen molar-refractivity contribution >= 4 is 18.2 Å². The third-order valence-corrected chi connectivity index (χ3v) is 4.03. The maximum atomic E-state index is 12.3. The Bertz CT molecular complexity index is 444. The summed E-state index contributed by atoms with van der Waals surface area (Å²) in [5, 5.41) is 0. The van der Waals surface area contributed by atoms with Crippen LogP contribution in [-0.4, -0.2) is 36.9 Å². The van der Waals surface area contributed by atoms with Crippen molar-refractivity contribution in [2.24, 2.45) is 0 Å². The number of Topliss-reactive ketones (excluding diaryl/α,β-unsaturated/α-hetero) is 1. The van der Waals surface area contributed by atoms with Gasteiger partial charge in [0, 0.05) is 18.5 Å². The zero-order valence-electron chi connectivity index (χ0n) is 13.6. The summed E-state index contributed by atoms with van der Waals surface area (Å²) in [6.07, 6.45) is 6.66. The normalized spacial score (nSPS) is 15.1. The maximum Gasteiger partial charge on any atom is 0.164 e. The fourth-order valence-corrected chi connectivity index (χ4v) is 2.68. The van der Waals surface area contributed by atoms with Crippen molar-refractivity contribution in [2.45, 2.75) is 45.4 Å². The van der Waals surface area contributed by atoms with Crippen molar-refractivity contribution in [3.63, 3.8) is 0 Å². The van der Waals surface area contributed by atoms with Crippen LogP contribution < -0.4 is 4.74 Å². The number of ketones is 1. The quantitative estimate of drug-likeness (QED) is 0.526. The molecule has 1 aromatic rings. The van der Waals surface area contributed by atoms with E-state index in [0.29, 0.717) is 6.42 Å². The number of carbonyl (C=O) groups excluding carboxylic acids is 1. The van der Waals surface area contributed by atoms with E-state index in [-0.39, 0.29) is 18.2 Å². The van der Waals surface area contributed by atoms with Crippen LogP contribution in [0.1, 0.15) is 55.8 Å². The summed E-state index contributed by atoms with van der Waals surface area (Å²) in [5.41, 5.74) is 0.779. The predicted molar refractivity (Wildman–Crippen MR) is 93.3 cm³/mol. The van der Waals surface area contributed by atoms with E-state index in [1.807, 2.05) is 24.3 Å². The second-order valence-electron chi connectivity index (χ2n) is 5.81. The number of ether oxygens (including phenoxy) is 1. The van der Waals surface area contributed by atoms with Crippen molar-refractivity contribution in [3.8, 4) is 5.75 Å². The fraction of sp³-hybridized carbons (Fsp3) is 0.611. The number of hydrogen-bond donors (Lipinski definition) is 0. The molecular formula is C18H28ClNO2. The van der Waals surface area contributed by atoms with Crippen molar-refractivity contribution < 1.29 is 9.53 Å². The lowest BCUT2D eigenvalue weighted by Gasteiger charge is -2.25. The molecule has 1 fully saturated rings. The van der Waals surface area contributed by atoms with Gasteiger partial charge in [0.15, 0.2) is 5.78 Å². The summed E-state index contributed by atoms with van der Waals surface area (Å²) in [6.45, 7) is 6.05. The average Bonchev–Trinajstić information content (AvgIpc) is 2.54. The van der Waals surface area contributed by atoms with Crippen molar-refractivity contribution in [1.29, 1.82) is 0 Å². The minimum absolute atomic E-state index is 0. The van der Waals surface area contributed by atoms with Crippen LogP contribution >= 0.6 is 12.4 Å². The van der Waals surface area contributed by atoms with Crippen LogP contribution in [0.25, 0.3) is 0 Å². The first-order valence-corrected chi connectivity index (χ1v) is 8.28. The monoisotopic (exact) mass is 325 g/mol. The molecule has 2 rings (SSSR count). The Morgan fingerprint density at radius 2 is 2.00 bits per heavy atom. The fourth-order valence-electron chi connectivity index (χ4n) is 2.68. The lowest BCUT2D eigenvalue weighted by molar-refractivity contribution is 0.0958. The molecule has 0 amide bonds. The van der Waals surface area contributed by atoms with Gasteiger partial charge in [-0.15, -0.1) is 12.4 Å². The van der Waals surface area contributed by atoms with Crippen LogP contribution in [0.2, 0.25) is 0 Å². The van der Waals surface area contributed by atoms with Crippen LogP contribution in [0, 0.1) is 0 Å². The van der Waals surface area contributed by atoms with Gasteiger partial charge in [0.05, 0.1) is 6.61 Å². The van der Waals surface area contributed by atoms with E-state index in [0.717, 1.165) is 50.4 Å². The average molecular weight is 326 g/mol. The number of carbonyl (C=O) groups is 1. The molecule has 4 heteroatoms. The molecular weight excluding hydrogens is 298 g/mol. The largest absolute Gasteiger partial charge is 0.494 e. The maximum absolute atomic E-state index is 12.3. The molecule has 1 saturated heterocycles. The summed E-state index contributed by atoms with van der Waals surface area (Å²) >= 11 is 0. The minimum atomic E-state index is 0. The first-order valence-electron chi connectivity index (χ1n) is 8.28. The third-order valence-electron chi connectivity index (χ3n) is 4.03. The Hall–Kier alpha value is -1.06. The zero-order valence-corrected chi connectivity index (χ0v) is 14.4. The van der Waals surface area contributed by atoms with E-state index in [2.05, 4.69) is 11.8 Å². The second-order valence-corrected chi connectivity index (χ2v) is 5.81.